The average Bonchev–Trinajstić information content (AvgIpc) is 2.95. The third-order valence-electron chi connectivity index (χ3n) is 6.58. The Kier molecular flexibility index (Phi) is 11.1. The lowest BCUT2D eigenvalue weighted by Crippen LogP contribution is -2.36. The van der Waals surface area contributed by atoms with E-state index < -0.39 is 0 Å². The summed E-state index contributed by atoms with van der Waals surface area (Å²) in [6.45, 7) is 8.35. The molecule has 3 N–H and O–H groups in total. The molecule has 4 rings (SSSR count). The molecule has 210 valence electrons. The van der Waals surface area contributed by atoms with Gasteiger partial charge in [-0.05, 0) is 80.5 Å². The molecule has 0 saturated carbocycles. The molecule has 39 heavy (non-hydrogen) atoms. The van der Waals surface area contributed by atoms with Crippen LogP contribution in [0.1, 0.15) is 31.7 Å². The number of nitrogens with one attached hydrogen (secondary N) is 3. The summed E-state index contributed by atoms with van der Waals surface area (Å²) in [5.74, 6) is 0. The maximum atomic E-state index is 12.6. The van der Waals surface area contributed by atoms with E-state index in [4.69, 9.17) is 4.74 Å². The predicted molar refractivity (Wildman–Crippen MR) is 164 cm³/mol. The number of urea groups is 1. The Hall–Kier alpha value is -2.98. The van der Waals surface area contributed by atoms with Gasteiger partial charge in [-0.3, -0.25) is 4.31 Å². The van der Waals surface area contributed by atoms with Gasteiger partial charge in [0.2, 0.25) is 0 Å². The van der Waals surface area contributed by atoms with E-state index in [2.05, 4.69) is 75.5 Å². The molecule has 9 heteroatoms. The van der Waals surface area contributed by atoms with E-state index in [1.807, 2.05) is 36.4 Å². The number of benzene rings is 2. The minimum Gasteiger partial charge on any atom is -0.378 e. The zero-order valence-electron chi connectivity index (χ0n) is 23.4. The topological polar surface area (TPSA) is 72.1 Å². The number of unbranched alkanes of at least 4 members (excludes halogenated alkanes) is 1. The number of anilines is 3. The highest BCUT2D eigenvalue weighted by atomic mass is 32.2. The molecule has 0 bridgehead atoms. The summed E-state index contributed by atoms with van der Waals surface area (Å²) in [5, 5.41) is 10.6. The van der Waals surface area contributed by atoms with Crippen molar-refractivity contribution >= 4 is 35.0 Å². The Bertz CT molecular complexity index is 1110. The number of likely N-dealkylation sites (N-methyl/N-ethyl adjacent to an activating group) is 1. The summed E-state index contributed by atoms with van der Waals surface area (Å²) in [6.07, 6.45) is 7.98. The number of hydrogen-bond acceptors (Lipinski definition) is 7. The largest absolute Gasteiger partial charge is 0.378 e. The van der Waals surface area contributed by atoms with E-state index in [9.17, 15) is 4.79 Å². The fourth-order valence-corrected chi connectivity index (χ4v) is 5.42. The number of carbonyl (C=O) groups is 1. The van der Waals surface area contributed by atoms with Gasteiger partial charge in [0, 0.05) is 62.2 Å². The summed E-state index contributed by atoms with van der Waals surface area (Å²) in [4.78, 5) is 17.2. The van der Waals surface area contributed by atoms with Crippen LogP contribution in [0.4, 0.5) is 21.9 Å². The third-order valence-corrected chi connectivity index (χ3v) is 7.66. The zero-order valence-corrected chi connectivity index (χ0v) is 24.2. The summed E-state index contributed by atoms with van der Waals surface area (Å²) in [5.41, 5.74) is 5.11. The van der Waals surface area contributed by atoms with E-state index in [0.29, 0.717) is 0 Å². The number of ether oxygens (including phenoxy) is 1. The minimum atomic E-state index is -0.258. The van der Waals surface area contributed by atoms with Crippen molar-refractivity contribution in [2.75, 3.05) is 68.4 Å². The number of morpholine rings is 1. The Morgan fingerprint density at radius 1 is 1.00 bits per heavy atom. The summed E-state index contributed by atoms with van der Waals surface area (Å²) in [7, 11) is 4.13. The van der Waals surface area contributed by atoms with Gasteiger partial charge >= 0.3 is 6.03 Å². The summed E-state index contributed by atoms with van der Waals surface area (Å²) < 4.78 is 7.79. The van der Waals surface area contributed by atoms with Crippen molar-refractivity contribution in [1.29, 1.82) is 0 Å². The fraction of sp³-hybridized carbons (Fsp3) is 0.433. The minimum absolute atomic E-state index is 0.258. The SMILES string of the molecule is CCCCC1=CN(c2ccc(NC(=O)Nc3ccc(CNCCN(C)C)cc3)cc2)SC(N2CCOCC2)=C1. The molecule has 0 radical (unpaired) electrons. The van der Waals surface area contributed by atoms with E-state index in [1.165, 1.54) is 29.0 Å². The molecule has 0 spiro atoms. The van der Waals surface area contributed by atoms with Gasteiger partial charge in [-0.1, -0.05) is 25.5 Å². The van der Waals surface area contributed by atoms with Crippen molar-refractivity contribution in [2.45, 2.75) is 32.7 Å². The standard InChI is InChI=1S/C30H42N6O2S/c1-4-5-6-25-21-29(35-17-19-38-20-18-35)39-36(23-25)28-13-11-27(12-14-28)33-30(37)32-26-9-7-24(8-10-26)22-31-15-16-34(2)3/h7-14,21,23,31H,4-6,15-20,22H2,1-3H3,(H2,32,33,37). The molecular formula is C30H42N6O2S. The highest BCUT2D eigenvalue weighted by molar-refractivity contribution is 8.04. The van der Waals surface area contributed by atoms with E-state index in [-0.39, 0.29) is 6.03 Å². The lowest BCUT2D eigenvalue weighted by molar-refractivity contribution is 0.0576. The third kappa shape index (κ3) is 9.32. The van der Waals surface area contributed by atoms with Gasteiger partial charge in [0.05, 0.1) is 23.9 Å². The molecule has 2 aliphatic rings. The monoisotopic (exact) mass is 550 g/mol. The highest BCUT2D eigenvalue weighted by Gasteiger charge is 2.21. The first-order chi connectivity index (χ1) is 19.0. The number of hydrogen-bond donors (Lipinski definition) is 3. The maximum absolute atomic E-state index is 12.6. The van der Waals surface area contributed by atoms with Crippen molar-refractivity contribution in [3.63, 3.8) is 0 Å². The zero-order chi connectivity index (χ0) is 27.5. The van der Waals surface area contributed by atoms with Gasteiger partial charge in [-0.2, -0.15) is 0 Å². The Labute approximate surface area is 237 Å². The van der Waals surface area contributed by atoms with Crippen LogP contribution in [-0.4, -0.2) is 69.3 Å². The van der Waals surface area contributed by atoms with E-state index in [0.717, 1.165) is 69.4 Å². The van der Waals surface area contributed by atoms with Crippen LogP contribution in [0.3, 0.4) is 0 Å². The number of carbonyl (C=O) groups excluding carboxylic acids is 1. The van der Waals surface area contributed by atoms with Crippen LogP contribution in [-0.2, 0) is 11.3 Å². The summed E-state index contributed by atoms with van der Waals surface area (Å²) in [6, 6.07) is 15.7. The first kappa shape index (κ1) is 29.0. The molecule has 2 heterocycles. The van der Waals surface area contributed by atoms with Crippen molar-refractivity contribution in [2.24, 2.45) is 0 Å². The number of rotatable bonds is 12. The van der Waals surface area contributed by atoms with Crippen LogP contribution < -0.4 is 20.3 Å². The molecule has 1 saturated heterocycles. The van der Waals surface area contributed by atoms with Crippen LogP contribution in [0, 0.1) is 0 Å². The molecule has 8 nitrogen and oxygen atoms in total. The van der Waals surface area contributed by atoms with Crippen molar-refractivity contribution < 1.29 is 9.53 Å². The van der Waals surface area contributed by atoms with Crippen LogP contribution in [0.15, 0.2) is 71.4 Å². The first-order valence-electron chi connectivity index (χ1n) is 13.8. The maximum Gasteiger partial charge on any atom is 0.323 e. The van der Waals surface area contributed by atoms with Crippen LogP contribution in [0.5, 0.6) is 0 Å². The van der Waals surface area contributed by atoms with Crippen LogP contribution in [0.25, 0.3) is 0 Å². The molecule has 0 aromatic heterocycles. The molecule has 2 aromatic carbocycles. The predicted octanol–water partition coefficient (Wildman–Crippen LogP) is 5.70. The molecule has 1 fully saturated rings. The smallest absolute Gasteiger partial charge is 0.323 e. The van der Waals surface area contributed by atoms with E-state index in [1.54, 1.807) is 11.9 Å². The number of nitrogens with zero attached hydrogens (tertiary/aromatic N) is 3. The van der Waals surface area contributed by atoms with Gasteiger partial charge < -0.3 is 30.5 Å². The van der Waals surface area contributed by atoms with Gasteiger partial charge in [-0.25, -0.2) is 4.79 Å². The first-order valence-corrected chi connectivity index (χ1v) is 14.6. The van der Waals surface area contributed by atoms with Crippen molar-refractivity contribution in [3.8, 4) is 0 Å². The lowest BCUT2D eigenvalue weighted by atomic mass is 10.1. The molecule has 2 aliphatic heterocycles. The molecule has 2 aromatic rings. The van der Waals surface area contributed by atoms with Gasteiger partial charge in [0.15, 0.2) is 0 Å². The van der Waals surface area contributed by atoms with Crippen LogP contribution >= 0.6 is 11.9 Å². The lowest BCUT2D eigenvalue weighted by Gasteiger charge is -2.35. The fourth-order valence-electron chi connectivity index (χ4n) is 4.30. The normalized spacial score (nSPS) is 15.7. The Morgan fingerprint density at radius 3 is 2.31 bits per heavy atom. The second kappa shape index (κ2) is 15.0. The van der Waals surface area contributed by atoms with Crippen molar-refractivity contribution in [1.82, 2.24) is 15.1 Å². The average molecular weight is 551 g/mol. The van der Waals surface area contributed by atoms with Crippen LogP contribution in [0.2, 0.25) is 0 Å². The molecule has 0 atom stereocenters. The van der Waals surface area contributed by atoms with E-state index >= 15 is 0 Å². The molecular weight excluding hydrogens is 508 g/mol. The Morgan fingerprint density at radius 2 is 1.67 bits per heavy atom. The van der Waals surface area contributed by atoms with Gasteiger partial charge in [-0.15, -0.1) is 0 Å². The summed E-state index contributed by atoms with van der Waals surface area (Å²) >= 11 is 1.74. The molecule has 0 aliphatic carbocycles. The second-order valence-electron chi connectivity index (χ2n) is 10.1. The number of allylic oxidation sites excluding steroid dienone is 2. The van der Waals surface area contributed by atoms with Gasteiger partial charge in [0.1, 0.15) is 0 Å². The van der Waals surface area contributed by atoms with Gasteiger partial charge in [0.25, 0.3) is 0 Å². The highest BCUT2D eigenvalue weighted by Crippen LogP contribution is 2.37. The quantitative estimate of drug-likeness (QED) is 0.231. The van der Waals surface area contributed by atoms with Crippen molar-refractivity contribution in [3.05, 3.63) is 77.0 Å². The number of amides is 2. The second-order valence-corrected chi connectivity index (χ2v) is 11.1. The molecule has 2 amide bonds. The Balaban J connectivity index is 1.31. The molecule has 0 unspecified atom stereocenters.